The highest BCUT2D eigenvalue weighted by Gasteiger charge is 2.39. The van der Waals surface area contributed by atoms with Crippen molar-refractivity contribution < 1.29 is 27.5 Å². The fourth-order valence-electron chi connectivity index (χ4n) is 2.59. The monoisotopic (exact) mass is 411 g/mol. The van der Waals surface area contributed by atoms with Gasteiger partial charge in [-0.1, -0.05) is 57.2 Å². The van der Waals surface area contributed by atoms with Crippen LogP contribution in [0, 0.1) is 0 Å². The maximum absolute atomic E-state index is 13.2. The Morgan fingerprint density at radius 1 is 1.03 bits per heavy atom. The lowest BCUT2D eigenvalue weighted by atomic mass is 10.1. The van der Waals surface area contributed by atoms with E-state index in [0.717, 1.165) is 38.2 Å². The molecule has 1 aromatic carbocycles. The highest BCUT2D eigenvalue weighted by atomic mass is 19.4. The molecule has 0 spiro atoms. The zero-order chi connectivity index (χ0) is 21.7. The number of para-hydroxylation sites is 1. The van der Waals surface area contributed by atoms with Crippen LogP contribution in [0.4, 0.5) is 18.9 Å². The minimum Gasteiger partial charge on any atom is -0.462 e. The second-order valence-electron chi connectivity index (χ2n) is 6.55. The van der Waals surface area contributed by atoms with Gasteiger partial charge >= 0.3 is 12.1 Å². The first-order chi connectivity index (χ1) is 13.8. The number of amides is 1. The van der Waals surface area contributed by atoms with E-state index < -0.39 is 17.7 Å². The molecule has 0 unspecified atom stereocenters. The summed E-state index contributed by atoms with van der Waals surface area (Å²) in [7, 11) is 0. The first-order valence-corrected chi connectivity index (χ1v) is 9.75. The third kappa shape index (κ3) is 9.45. The Kier molecular flexibility index (Phi) is 10.8. The molecule has 0 N–H and O–H groups in total. The van der Waals surface area contributed by atoms with Crippen LogP contribution in [0.15, 0.2) is 54.3 Å². The Labute approximate surface area is 170 Å². The predicted molar refractivity (Wildman–Crippen MR) is 107 cm³/mol. The standard InChI is InChI=1S/C22H28F3NO3/c1-3-4-5-6-7-11-17-29-21(28)20(22(23,24)25)15-12-16-26(18(2)27)19-13-9-8-10-14-19/h8-10,12-16H,3-7,11,17H2,1-2H3/b16-12+,20-15-. The van der Waals surface area contributed by atoms with Crippen molar-refractivity contribution in [2.75, 3.05) is 11.5 Å². The number of ether oxygens (including phenoxy) is 1. The van der Waals surface area contributed by atoms with Crippen LogP contribution < -0.4 is 4.90 Å². The molecule has 160 valence electrons. The molecular formula is C22H28F3NO3. The fraction of sp³-hybridized carbons (Fsp3) is 0.455. The lowest BCUT2D eigenvalue weighted by Gasteiger charge is -2.16. The molecule has 1 amide bonds. The summed E-state index contributed by atoms with van der Waals surface area (Å²) in [6.45, 7) is 3.34. The molecule has 0 aliphatic rings. The molecule has 0 heterocycles. The first-order valence-electron chi connectivity index (χ1n) is 9.75. The van der Waals surface area contributed by atoms with Gasteiger partial charge in [-0.25, -0.2) is 4.79 Å². The van der Waals surface area contributed by atoms with Gasteiger partial charge in [0.05, 0.1) is 6.61 Å². The molecule has 0 aliphatic heterocycles. The lowest BCUT2D eigenvalue weighted by Crippen LogP contribution is -2.23. The molecule has 0 radical (unpaired) electrons. The van der Waals surface area contributed by atoms with Crippen molar-refractivity contribution in [2.45, 2.75) is 58.5 Å². The molecule has 29 heavy (non-hydrogen) atoms. The maximum atomic E-state index is 13.2. The van der Waals surface area contributed by atoms with Crippen molar-refractivity contribution in [2.24, 2.45) is 0 Å². The van der Waals surface area contributed by atoms with Gasteiger partial charge in [-0.15, -0.1) is 0 Å². The van der Waals surface area contributed by atoms with Crippen molar-refractivity contribution in [1.82, 2.24) is 0 Å². The van der Waals surface area contributed by atoms with Crippen molar-refractivity contribution in [3.8, 4) is 0 Å². The third-order valence-corrected chi connectivity index (χ3v) is 4.13. The van der Waals surface area contributed by atoms with Gasteiger partial charge < -0.3 is 4.74 Å². The third-order valence-electron chi connectivity index (χ3n) is 4.13. The average molecular weight is 411 g/mol. The Balaban J connectivity index is 2.74. The molecule has 4 nitrogen and oxygen atoms in total. The molecule has 0 aliphatic carbocycles. The van der Waals surface area contributed by atoms with E-state index in [9.17, 15) is 22.8 Å². The Morgan fingerprint density at radius 3 is 2.24 bits per heavy atom. The quantitative estimate of drug-likeness (QED) is 0.196. The predicted octanol–water partition coefficient (Wildman–Crippen LogP) is 5.95. The maximum Gasteiger partial charge on any atom is 0.423 e. The van der Waals surface area contributed by atoms with Crippen LogP contribution in [0.25, 0.3) is 0 Å². The summed E-state index contributed by atoms with van der Waals surface area (Å²) in [6, 6.07) is 8.46. The number of benzene rings is 1. The number of anilines is 1. The number of halogens is 3. The van der Waals surface area contributed by atoms with E-state index >= 15 is 0 Å². The zero-order valence-corrected chi connectivity index (χ0v) is 16.9. The molecule has 1 aromatic rings. The summed E-state index contributed by atoms with van der Waals surface area (Å²) in [5, 5.41) is 0. The molecule has 0 saturated heterocycles. The summed E-state index contributed by atoms with van der Waals surface area (Å²) in [6.07, 6.45) is 3.58. The Morgan fingerprint density at radius 2 is 1.66 bits per heavy atom. The molecule has 0 fully saturated rings. The number of allylic oxidation sites excluding steroid dienone is 2. The van der Waals surface area contributed by atoms with E-state index in [0.29, 0.717) is 18.2 Å². The van der Waals surface area contributed by atoms with Crippen molar-refractivity contribution in [1.29, 1.82) is 0 Å². The number of nitrogens with zero attached hydrogens (tertiary/aromatic N) is 1. The van der Waals surface area contributed by atoms with Gasteiger partial charge in [0.1, 0.15) is 5.57 Å². The molecule has 0 aromatic heterocycles. The van der Waals surface area contributed by atoms with Gasteiger partial charge in [0, 0.05) is 18.8 Å². The second kappa shape index (κ2) is 12.8. The molecule has 0 atom stereocenters. The fourth-order valence-corrected chi connectivity index (χ4v) is 2.59. The second-order valence-corrected chi connectivity index (χ2v) is 6.55. The van der Waals surface area contributed by atoms with Crippen molar-refractivity contribution in [3.63, 3.8) is 0 Å². The number of carbonyl (C=O) groups excluding carboxylic acids is 2. The van der Waals surface area contributed by atoms with Crippen LogP contribution in [-0.2, 0) is 14.3 Å². The number of hydrogen-bond donors (Lipinski definition) is 0. The number of esters is 1. The molecule has 0 saturated carbocycles. The van der Waals surface area contributed by atoms with Crippen LogP contribution in [-0.4, -0.2) is 24.7 Å². The van der Waals surface area contributed by atoms with Crippen LogP contribution in [0.3, 0.4) is 0 Å². The minimum absolute atomic E-state index is 0.0499. The zero-order valence-electron chi connectivity index (χ0n) is 16.9. The van der Waals surface area contributed by atoms with Crippen molar-refractivity contribution in [3.05, 3.63) is 54.3 Å². The molecule has 1 rings (SSSR count). The summed E-state index contributed by atoms with van der Waals surface area (Å²) in [5.41, 5.74) is -0.903. The van der Waals surface area contributed by atoms with Gasteiger partial charge in [0.25, 0.3) is 0 Å². The average Bonchev–Trinajstić information content (AvgIpc) is 2.66. The van der Waals surface area contributed by atoms with Crippen LogP contribution in [0.2, 0.25) is 0 Å². The Bertz CT molecular complexity index is 697. The lowest BCUT2D eigenvalue weighted by molar-refractivity contribution is -0.150. The van der Waals surface area contributed by atoms with Crippen LogP contribution in [0.5, 0.6) is 0 Å². The van der Waals surface area contributed by atoms with E-state index in [-0.39, 0.29) is 12.5 Å². The summed E-state index contributed by atoms with van der Waals surface area (Å²) < 4.78 is 44.4. The number of rotatable bonds is 11. The van der Waals surface area contributed by atoms with E-state index in [1.807, 2.05) is 0 Å². The minimum atomic E-state index is -4.85. The van der Waals surface area contributed by atoms with Gasteiger partial charge in [-0.2, -0.15) is 13.2 Å². The molecule has 0 bridgehead atoms. The topological polar surface area (TPSA) is 46.6 Å². The van der Waals surface area contributed by atoms with Gasteiger partial charge in [0.15, 0.2) is 0 Å². The molecular weight excluding hydrogens is 383 g/mol. The Hall–Kier alpha value is -2.57. The number of hydrogen-bond acceptors (Lipinski definition) is 3. The van der Waals surface area contributed by atoms with Crippen LogP contribution in [0.1, 0.15) is 52.4 Å². The van der Waals surface area contributed by atoms with E-state index in [4.69, 9.17) is 4.74 Å². The number of carbonyl (C=O) groups is 2. The number of unbranched alkanes of at least 4 members (excludes halogenated alkanes) is 5. The van der Waals surface area contributed by atoms with Crippen LogP contribution >= 0.6 is 0 Å². The van der Waals surface area contributed by atoms with E-state index in [2.05, 4.69) is 6.92 Å². The largest absolute Gasteiger partial charge is 0.462 e. The van der Waals surface area contributed by atoms with Gasteiger partial charge in [-0.3, -0.25) is 9.69 Å². The SMILES string of the molecule is CCCCCCCCOC(=O)/C(=C/C=C/N(C(C)=O)c1ccccc1)C(F)(F)F. The van der Waals surface area contributed by atoms with Gasteiger partial charge in [0.2, 0.25) is 5.91 Å². The highest BCUT2D eigenvalue weighted by Crippen LogP contribution is 2.27. The normalized spacial score (nSPS) is 12.2. The first kappa shape index (κ1) is 24.5. The van der Waals surface area contributed by atoms with Gasteiger partial charge in [-0.05, 0) is 30.7 Å². The molecule has 7 heteroatoms. The summed E-state index contributed by atoms with van der Waals surface area (Å²) in [4.78, 5) is 24.8. The smallest absolute Gasteiger partial charge is 0.423 e. The van der Waals surface area contributed by atoms with E-state index in [1.165, 1.54) is 18.0 Å². The van der Waals surface area contributed by atoms with Crippen molar-refractivity contribution >= 4 is 17.6 Å². The van der Waals surface area contributed by atoms with E-state index in [1.54, 1.807) is 30.3 Å². The summed E-state index contributed by atoms with van der Waals surface area (Å²) >= 11 is 0. The summed E-state index contributed by atoms with van der Waals surface area (Å²) in [5.74, 6) is -1.79. The number of alkyl halides is 3. The highest BCUT2D eigenvalue weighted by molar-refractivity contribution is 5.93.